The molecule has 27 heavy (non-hydrogen) atoms. The quantitative estimate of drug-likeness (QED) is 0.811. The molecule has 0 aromatic heterocycles. The minimum Gasteiger partial charge on any atom is -0.465 e. The van der Waals surface area contributed by atoms with Crippen LogP contribution in [0.3, 0.4) is 0 Å². The van der Waals surface area contributed by atoms with Crippen molar-refractivity contribution in [2.24, 2.45) is 0 Å². The van der Waals surface area contributed by atoms with E-state index in [4.69, 9.17) is 9.47 Å². The lowest BCUT2D eigenvalue weighted by atomic mass is 10.2. The molecule has 2 aromatic carbocycles. The van der Waals surface area contributed by atoms with E-state index in [1.165, 1.54) is 25.0 Å². The molecule has 8 nitrogen and oxygen atoms in total. The lowest BCUT2D eigenvalue weighted by Gasteiger charge is -2.21. The van der Waals surface area contributed by atoms with Gasteiger partial charge in [-0.15, -0.1) is 0 Å². The average molecular weight is 370 g/mol. The number of rotatable bonds is 5. The number of hydrogen-bond acceptors (Lipinski definition) is 6. The van der Waals surface area contributed by atoms with Crippen molar-refractivity contribution < 1.29 is 28.6 Å². The fraction of sp³-hybridized carbons (Fsp3) is 0.211. The zero-order valence-electron chi connectivity index (χ0n) is 14.9. The molecule has 0 fully saturated rings. The van der Waals surface area contributed by atoms with Gasteiger partial charge >= 0.3 is 5.97 Å². The fourth-order valence-corrected chi connectivity index (χ4v) is 2.62. The molecule has 0 atom stereocenters. The summed E-state index contributed by atoms with van der Waals surface area (Å²) in [5.74, 6) is -0.101. The van der Waals surface area contributed by atoms with Gasteiger partial charge in [0.15, 0.2) is 11.5 Å². The van der Waals surface area contributed by atoms with E-state index in [0.29, 0.717) is 22.9 Å². The van der Waals surface area contributed by atoms with Gasteiger partial charge in [-0.05, 0) is 30.3 Å². The predicted molar refractivity (Wildman–Crippen MR) is 97.0 cm³/mol. The molecule has 1 heterocycles. The molecule has 1 aliphatic rings. The molecule has 1 aliphatic heterocycles. The third kappa shape index (κ3) is 4.17. The van der Waals surface area contributed by atoms with Gasteiger partial charge in [-0.3, -0.25) is 9.59 Å². The van der Waals surface area contributed by atoms with Gasteiger partial charge in [0.05, 0.1) is 12.7 Å². The summed E-state index contributed by atoms with van der Waals surface area (Å²) in [4.78, 5) is 37.4. The smallest absolute Gasteiger partial charge is 0.337 e. The van der Waals surface area contributed by atoms with Crippen LogP contribution in [0.25, 0.3) is 0 Å². The highest BCUT2D eigenvalue weighted by atomic mass is 16.7. The molecular weight excluding hydrogens is 352 g/mol. The SMILES string of the molecule is COC(=O)c1cccc(N(CC(=O)Nc2ccc3c(c2)OCO3)C(C)=O)c1. The molecule has 2 amide bonds. The highest BCUT2D eigenvalue weighted by Gasteiger charge is 2.19. The van der Waals surface area contributed by atoms with Crippen LogP contribution in [0.1, 0.15) is 17.3 Å². The Kier molecular flexibility index (Phi) is 5.25. The predicted octanol–water partition coefficient (Wildman–Crippen LogP) is 2.19. The normalized spacial score (nSPS) is 11.6. The summed E-state index contributed by atoms with van der Waals surface area (Å²) < 4.78 is 15.2. The van der Waals surface area contributed by atoms with Crippen molar-refractivity contribution >= 4 is 29.2 Å². The molecule has 3 rings (SSSR count). The van der Waals surface area contributed by atoms with Crippen molar-refractivity contribution in [2.45, 2.75) is 6.92 Å². The van der Waals surface area contributed by atoms with E-state index >= 15 is 0 Å². The van der Waals surface area contributed by atoms with E-state index in [-0.39, 0.29) is 24.8 Å². The van der Waals surface area contributed by atoms with Gasteiger partial charge in [0.25, 0.3) is 0 Å². The summed E-state index contributed by atoms with van der Waals surface area (Å²) in [6.07, 6.45) is 0. The van der Waals surface area contributed by atoms with Crippen molar-refractivity contribution in [3.05, 3.63) is 48.0 Å². The topological polar surface area (TPSA) is 94.2 Å². The summed E-state index contributed by atoms with van der Waals surface area (Å²) in [6, 6.07) is 11.4. The van der Waals surface area contributed by atoms with E-state index in [9.17, 15) is 14.4 Å². The zero-order valence-corrected chi connectivity index (χ0v) is 14.9. The van der Waals surface area contributed by atoms with Gasteiger partial charge < -0.3 is 24.4 Å². The Bertz CT molecular complexity index is 896. The van der Waals surface area contributed by atoms with Gasteiger partial charge in [-0.2, -0.15) is 0 Å². The Morgan fingerprint density at radius 3 is 2.63 bits per heavy atom. The minimum atomic E-state index is -0.523. The van der Waals surface area contributed by atoms with Crippen molar-refractivity contribution in [1.82, 2.24) is 0 Å². The third-order valence-electron chi connectivity index (χ3n) is 3.92. The Labute approximate surface area is 155 Å². The molecule has 0 unspecified atom stereocenters. The van der Waals surface area contributed by atoms with Crippen LogP contribution in [0.15, 0.2) is 42.5 Å². The van der Waals surface area contributed by atoms with E-state index in [1.54, 1.807) is 36.4 Å². The Morgan fingerprint density at radius 1 is 1.11 bits per heavy atom. The van der Waals surface area contributed by atoms with E-state index in [0.717, 1.165) is 0 Å². The summed E-state index contributed by atoms with van der Waals surface area (Å²) in [7, 11) is 1.27. The maximum absolute atomic E-state index is 12.4. The second-order valence-corrected chi connectivity index (χ2v) is 5.76. The summed E-state index contributed by atoms with van der Waals surface area (Å²) >= 11 is 0. The van der Waals surface area contributed by atoms with Crippen molar-refractivity contribution in [3.8, 4) is 11.5 Å². The number of methoxy groups -OCH3 is 1. The minimum absolute atomic E-state index is 0.140. The maximum atomic E-state index is 12.4. The Morgan fingerprint density at radius 2 is 1.89 bits per heavy atom. The number of anilines is 2. The Hall–Kier alpha value is -3.55. The molecule has 0 aliphatic carbocycles. The number of ether oxygens (including phenoxy) is 3. The van der Waals surface area contributed by atoms with Gasteiger partial charge in [0, 0.05) is 24.4 Å². The van der Waals surface area contributed by atoms with Crippen LogP contribution in [-0.4, -0.2) is 38.2 Å². The first-order valence-corrected chi connectivity index (χ1v) is 8.14. The van der Waals surface area contributed by atoms with Crippen LogP contribution in [0.2, 0.25) is 0 Å². The number of carbonyl (C=O) groups excluding carboxylic acids is 3. The van der Waals surface area contributed by atoms with Crippen LogP contribution >= 0.6 is 0 Å². The van der Waals surface area contributed by atoms with Crippen LogP contribution in [0, 0.1) is 0 Å². The number of carbonyl (C=O) groups is 3. The molecule has 2 aromatic rings. The molecule has 0 saturated heterocycles. The Balaban J connectivity index is 1.73. The standard InChI is InChI=1S/C19H18N2O6/c1-12(22)21(15-5-3-4-13(8-15)19(24)25-2)10-18(23)20-14-6-7-16-17(9-14)27-11-26-16/h3-9H,10-11H2,1-2H3,(H,20,23). The lowest BCUT2D eigenvalue weighted by molar-refractivity contribution is -0.120. The van der Waals surface area contributed by atoms with Gasteiger partial charge in [-0.25, -0.2) is 4.79 Å². The first kappa shape index (κ1) is 18.2. The number of nitrogens with zero attached hydrogens (tertiary/aromatic N) is 1. The first-order chi connectivity index (χ1) is 13.0. The molecule has 1 N–H and O–H groups in total. The van der Waals surface area contributed by atoms with Gasteiger partial charge in [0.1, 0.15) is 6.54 Å². The summed E-state index contributed by atoms with van der Waals surface area (Å²) in [5.41, 5.74) is 1.24. The van der Waals surface area contributed by atoms with E-state index < -0.39 is 11.9 Å². The monoisotopic (exact) mass is 370 g/mol. The van der Waals surface area contributed by atoms with Crippen molar-refractivity contribution in [2.75, 3.05) is 30.7 Å². The van der Waals surface area contributed by atoms with Crippen molar-refractivity contribution in [1.29, 1.82) is 0 Å². The van der Waals surface area contributed by atoms with Crippen LogP contribution in [0.4, 0.5) is 11.4 Å². The highest BCUT2D eigenvalue weighted by molar-refractivity contribution is 6.02. The molecule has 0 spiro atoms. The van der Waals surface area contributed by atoms with Crippen molar-refractivity contribution in [3.63, 3.8) is 0 Å². The number of amides is 2. The molecule has 0 bridgehead atoms. The molecule has 0 radical (unpaired) electrons. The number of esters is 1. The molecule has 0 saturated carbocycles. The number of hydrogen-bond donors (Lipinski definition) is 1. The highest BCUT2D eigenvalue weighted by Crippen LogP contribution is 2.34. The number of nitrogens with one attached hydrogen (secondary N) is 1. The van der Waals surface area contributed by atoms with Gasteiger partial charge in [0.2, 0.25) is 18.6 Å². The third-order valence-corrected chi connectivity index (χ3v) is 3.92. The largest absolute Gasteiger partial charge is 0.465 e. The van der Waals surface area contributed by atoms with Crippen LogP contribution < -0.4 is 19.7 Å². The van der Waals surface area contributed by atoms with Crippen LogP contribution in [-0.2, 0) is 14.3 Å². The second kappa shape index (κ2) is 7.77. The van der Waals surface area contributed by atoms with Crippen LogP contribution in [0.5, 0.6) is 11.5 Å². The number of benzene rings is 2. The zero-order chi connectivity index (χ0) is 19.4. The summed E-state index contributed by atoms with van der Waals surface area (Å²) in [6.45, 7) is 1.27. The molecular formula is C19H18N2O6. The second-order valence-electron chi connectivity index (χ2n) is 5.76. The fourth-order valence-electron chi connectivity index (χ4n) is 2.62. The van der Waals surface area contributed by atoms with Gasteiger partial charge in [-0.1, -0.05) is 6.07 Å². The van der Waals surface area contributed by atoms with E-state index in [2.05, 4.69) is 10.1 Å². The lowest BCUT2D eigenvalue weighted by Crippen LogP contribution is -2.36. The first-order valence-electron chi connectivity index (χ1n) is 8.14. The average Bonchev–Trinajstić information content (AvgIpc) is 3.13. The molecule has 8 heteroatoms. The maximum Gasteiger partial charge on any atom is 0.337 e. The number of fused-ring (bicyclic) bond motifs is 1. The summed E-state index contributed by atoms with van der Waals surface area (Å²) in [5, 5.41) is 2.72. The molecule has 140 valence electrons. The van der Waals surface area contributed by atoms with E-state index in [1.807, 2.05) is 0 Å².